The molecule has 1 heterocycles. The van der Waals surface area contributed by atoms with Gasteiger partial charge in [-0.2, -0.15) is 8.78 Å². The lowest BCUT2D eigenvalue weighted by molar-refractivity contribution is -0.0333. The molecular formula is C7H9F2NO2. The Balaban J connectivity index is 2.81. The highest BCUT2D eigenvalue weighted by molar-refractivity contribution is 5.09. The fraction of sp³-hybridized carbons (Fsp3) is 0.571. The first-order valence-electron chi connectivity index (χ1n) is 3.49. The van der Waals surface area contributed by atoms with Gasteiger partial charge in [0.2, 0.25) is 0 Å². The van der Waals surface area contributed by atoms with Crippen molar-refractivity contribution < 1.29 is 18.4 Å². The number of hydrogen-bond donors (Lipinski definition) is 1. The average molecular weight is 177 g/mol. The average Bonchev–Trinajstić information content (AvgIpc) is 2.36. The highest BCUT2D eigenvalue weighted by atomic mass is 19.3. The minimum Gasteiger partial charge on any atom is -0.396 e. The molecule has 0 radical (unpaired) electrons. The van der Waals surface area contributed by atoms with Gasteiger partial charge in [-0.1, -0.05) is 5.16 Å². The highest BCUT2D eigenvalue weighted by Crippen LogP contribution is 2.30. The molecule has 0 aromatic carbocycles. The van der Waals surface area contributed by atoms with Crippen LogP contribution in [0.2, 0.25) is 0 Å². The molecule has 0 aliphatic heterocycles. The first-order chi connectivity index (χ1) is 5.56. The van der Waals surface area contributed by atoms with E-state index in [1.807, 2.05) is 0 Å². The zero-order chi connectivity index (χ0) is 9.19. The van der Waals surface area contributed by atoms with E-state index in [1.165, 1.54) is 6.92 Å². The summed E-state index contributed by atoms with van der Waals surface area (Å²) in [5, 5.41) is 11.5. The number of alkyl halides is 2. The molecule has 0 atom stereocenters. The lowest BCUT2D eigenvalue weighted by atomic mass is 10.2. The number of halogens is 2. The third-order valence-corrected chi connectivity index (χ3v) is 1.43. The van der Waals surface area contributed by atoms with Gasteiger partial charge in [0.05, 0.1) is 0 Å². The van der Waals surface area contributed by atoms with Crippen molar-refractivity contribution in [2.45, 2.75) is 19.3 Å². The van der Waals surface area contributed by atoms with Crippen molar-refractivity contribution in [3.8, 4) is 0 Å². The van der Waals surface area contributed by atoms with Gasteiger partial charge in [0.1, 0.15) is 5.76 Å². The fourth-order valence-corrected chi connectivity index (χ4v) is 0.807. The topological polar surface area (TPSA) is 46.3 Å². The highest BCUT2D eigenvalue weighted by Gasteiger charge is 2.34. The maximum absolute atomic E-state index is 12.9. The largest absolute Gasteiger partial charge is 0.396 e. The van der Waals surface area contributed by atoms with E-state index in [0.29, 0.717) is 5.76 Å². The summed E-state index contributed by atoms with van der Waals surface area (Å²) in [5.41, 5.74) is -0.422. The van der Waals surface area contributed by atoms with Crippen molar-refractivity contribution in [3.05, 3.63) is 17.5 Å². The molecule has 0 fully saturated rings. The molecule has 1 aromatic rings. The van der Waals surface area contributed by atoms with Crippen LogP contribution >= 0.6 is 0 Å². The van der Waals surface area contributed by atoms with Crippen LogP contribution in [0.4, 0.5) is 8.78 Å². The van der Waals surface area contributed by atoms with Crippen molar-refractivity contribution >= 4 is 0 Å². The van der Waals surface area contributed by atoms with Crippen molar-refractivity contribution in [1.82, 2.24) is 5.16 Å². The van der Waals surface area contributed by atoms with Gasteiger partial charge in [-0.05, 0) is 6.92 Å². The van der Waals surface area contributed by atoms with E-state index in [0.717, 1.165) is 6.07 Å². The molecular weight excluding hydrogens is 168 g/mol. The number of aromatic nitrogens is 1. The summed E-state index contributed by atoms with van der Waals surface area (Å²) >= 11 is 0. The summed E-state index contributed by atoms with van der Waals surface area (Å²) < 4.78 is 30.3. The Morgan fingerprint density at radius 1 is 1.67 bits per heavy atom. The van der Waals surface area contributed by atoms with Gasteiger partial charge in [-0.15, -0.1) is 0 Å². The van der Waals surface area contributed by atoms with E-state index < -0.39 is 24.6 Å². The molecule has 5 heteroatoms. The van der Waals surface area contributed by atoms with Crippen LogP contribution in [0.3, 0.4) is 0 Å². The zero-order valence-electron chi connectivity index (χ0n) is 6.55. The lowest BCUT2D eigenvalue weighted by Gasteiger charge is -2.09. The summed E-state index contributed by atoms with van der Waals surface area (Å²) in [6.45, 7) is 0.963. The molecule has 0 spiro atoms. The van der Waals surface area contributed by atoms with E-state index in [-0.39, 0.29) is 0 Å². The third kappa shape index (κ3) is 1.79. The van der Waals surface area contributed by atoms with Crippen molar-refractivity contribution in [1.29, 1.82) is 0 Å². The summed E-state index contributed by atoms with van der Waals surface area (Å²) in [6.07, 6.45) is -0.626. The second kappa shape index (κ2) is 3.18. The summed E-state index contributed by atoms with van der Waals surface area (Å²) in [6, 6.07) is 1.16. The van der Waals surface area contributed by atoms with Crippen molar-refractivity contribution in [2.75, 3.05) is 6.61 Å². The number of aliphatic hydroxyl groups is 1. The van der Waals surface area contributed by atoms with Crippen LogP contribution in [-0.2, 0) is 5.92 Å². The number of aliphatic hydroxyl groups excluding tert-OH is 1. The smallest absolute Gasteiger partial charge is 0.295 e. The van der Waals surface area contributed by atoms with Gasteiger partial charge in [-0.3, -0.25) is 0 Å². The van der Waals surface area contributed by atoms with Crippen molar-refractivity contribution in [2.24, 2.45) is 0 Å². The van der Waals surface area contributed by atoms with Crippen LogP contribution < -0.4 is 0 Å². The molecule has 1 rings (SSSR count). The van der Waals surface area contributed by atoms with Gasteiger partial charge in [-0.25, -0.2) is 0 Å². The zero-order valence-corrected chi connectivity index (χ0v) is 6.55. The minimum atomic E-state index is -3.09. The monoisotopic (exact) mass is 177 g/mol. The van der Waals surface area contributed by atoms with Crippen LogP contribution in [0.15, 0.2) is 10.6 Å². The first kappa shape index (κ1) is 9.12. The molecule has 0 bridgehead atoms. The maximum atomic E-state index is 12.9. The van der Waals surface area contributed by atoms with E-state index in [1.54, 1.807) is 0 Å². The van der Waals surface area contributed by atoms with Gasteiger partial charge >= 0.3 is 0 Å². The first-order valence-corrected chi connectivity index (χ1v) is 3.49. The van der Waals surface area contributed by atoms with Gasteiger partial charge in [0.15, 0.2) is 5.69 Å². The predicted molar refractivity (Wildman–Crippen MR) is 36.8 cm³/mol. The number of nitrogens with zero attached hydrogens (tertiary/aromatic N) is 1. The Morgan fingerprint density at radius 3 is 2.75 bits per heavy atom. The van der Waals surface area contributed by atoms with Gasteiger partial charge in [0, 0.05) is 19.1 Å². The van der Waals surface area contributed by atoms with E-state index in [4.69, 9.17) is 5.11 Å². The third-order valence-electron chi connectivity index (χ3n) is 1.43. The fourth-order valence-electron chi connectivity index (χ4n) is 0.807. The summed E-state index contributed by atoms with van der Waals surface area (Å²) in [4.78, 5) is 0. The maximum Gasteiger partial charge on any atom is 0.295 e. The Bertz CT molecular complexity index is 260. The Hall–Kier alpha value is -0.970. The quantitative estimate of drug-likeness (QED) is 0.760. The molecule has 1 N–H and O–H groups in total. The number of aryl methyl sites for hydroxylation is 1. The van der Waals surface area contributed by atoms with Gasteiger partial charge in [0.25, 0.3) is 5.92 Å². The molecule has 68 valence electrons. The van der Waals surface area contributed by atoms with E-state index >= 15 is 0 Å². The summed E-state index contributed by atoms with van der Waals surface area (Å²) in [7, 11) is 0. The molecule has 1 aromatic heterocycles. The molecule has 0 aliphatic carbocycles. The Morgan fingerprint density at radius 2 is 2.33 bits per heavy atom. The summed E-state index contributed by atoms with van der Waals surface area (Å²) in [5.74, 6) is -2.76. The molecule has 0 saturated heterocycles. The molecule has 3 nitrogen and oxygen atoms in total. The Kier molecular flexibility index (Phi) is 2.42. The minimum absolute atomic E-state index is 0.336. The SMILES string of the molecule is Cc1cc(C(F)(F)CCO)no1. The van der Waals surface area contributed by atoms with Crippen LogP contribution in [0, 0.1) is 6.92 Å². The van der Waals surface area contributed by atoms with E-state index in [9.17, 15) is 8.78 Å². The van der Waals surface area contributed by atoms with E-state index in [2.05, 4.69) is 9.68 Å². The Labute approximate surface area is 68.0 Å². The number of rotatable bonds is 3. The normalized spacial score (nSPS) is 12.0. The standard InChI is InChI=1S/C7H9F2NO2/c1-5-4-6(10-12-5)7(8,9)2-3-11/h4,11H,2-3H2,1H3. The molecule has 0 saturated carbocycles. The molecule has 12 heavy (non-hydrogen) atoms. The lowest BCUT2D eigenvalue weighted by Crippen LogP contribution is -2.15. The molecule has 0 aliphatic rings. The van der Waals surface area contributed by atoms with Crippen molar-refractivity contribution in [3.63, 3.8) is 0 Å². The predicted octanol–water partition coefficient (Wildman–Crippen LogP) is 1.46. The molecule has 0 unspecified atom stereocenters. The number of hydrogen-bond acceptors (Lipinski definition) is 3. The molecule has 0 amide bonds. The van der Waals surface area contributed by atoms with Crippen LogP contribution in [0.5, 0.6) is 0 Å². The second-order valence-corrected chi connectivity index (χ2v) is 2.50. The van der Waals surface area contributed by atoms with Crippen LogP contribution in [0.25, 0.3) is 0 Å². The van der Waals surface area contributed by atoms with Crippen LogP contribution in [0.1, 0.15) is 17.9 Å². The second-order valence-electron chi connectivity index (χ2n) is 2.50. The van der Waals surface area contributed by atoms with Gasteiger partial charge < -0.3 is 9.63 Å². The van der Waals surface area contributed by atoms with Crippen LogP contribution in [-0.4, -0.2) is 16.9 Å².